The summed E-state index contributed by atoms with van der Waals surface area (Å²) in [6, 6.07) is 0. The quantitative estimate of drug-likeness (QED) is 0.844. The minimum atomic E-state index is -0.935. The van der Waals surface area contributed by atoms with E-state index in [4.69, 9.17) is 5.73 Å². The summed E-state index contributed by atoms with van der Waals surface area (Å²) in [5.74, 6) is 0.0561. The maximum Gasteiger partial charge on any atom is 0.267 e. The molecule has 0 saturated heterocycles. The number of likely N-dealkylation sites (N-methyl/N-ethyl adjacent to an activating group) is 1. The number of hydrogen-bond acceptors (Lipinski definition) is 6. The van der Waals surface area contributed by atoms with Gasteiger partial charge in [-0.05, 0) is 20.8 Å². The van der Waals surface area contributed by atoms with Gasteiger partial charge in [0.05, 0.1) is 5.60 Å². The second-order valence-corrected chi connectivity index (χ2v) is 6.21. The summed E-state index contributed by atoms with van der Waals surface area (Å²) in [7, 11) is 3.70. The van der Waals surface area contributed by atoms with Crippen LogP contribution in [-0.4, -0.2) is 53.7 Å². The lowest BCUT2D eigenvalue weighted by molar-refractivity contribution is 0.0317. The number of nitrogens with zero attached hydrogens (tertiary/aromatic N) is 3. The molecule has 6 nitrogen and oxygen atoms in total. The molecule has 0 aliphatic rings. The van der Waals surface area contributed by atoms with Crippen molar-refractivity contribution in [3.05, 3.63) is 4.88 Å². The second kappa shape index (κ2) is 5.75. The molecular formula is C12H22N4O2S. The van der Waals surface area contributed by atoms with Crippen LogP contribution in [0.3, 0.4) is 0 Å². The zero-order valence-electron chi connectivity index (χ0n) is 12.1. The lowest BCUT2D eigenvalue weighted by Crippen LogP contribution is -2.42. The highest BCUT2D eigenvalue weighted by molar-refractivity contribution is 7.18. The summed E-state index contributed by atoms with van der Waals surface area (Å²) < 4.78 is 0. The van der Waals surface area contributed by atoms with Gasteiger partial charge >= 0.3 is 0 Å². The van der Waals surface area contributed by atoms with Gasteiger partial charge in [-0.1, -0.05) is 11.3 Å². The third kappa shape index (κ3) is 4.07. The first-order valence-electron chi connectivity index (χ1n) is 6.11. The molecule has 0 saturated carbocycles. The average Bonchev–Trinajstić information content (AvgIpc) is 2.66. The third-order valence-electron chi connectivity index (χ3n) is 2.47. The number of nitrogens with two attached hydrogens (primary N) is 1. The highest BCUT2D eigenvalue weighted by Crippen LogP contribution is 2.28. The molecule has 0 aromatic carbocycles. The first-order chi connectivity index (χ1) is 8.65. The smallest absolute Gasteiger partial charge is 0.267 e. The Bertz CT molecular complexity index is 451. The molecule has 0 bridgehead atoms. The fourth-order valence-corrected chi connectivity index (χ4v) is 2.48. The van der Waals surface area contributed by atoms with Crippen LogP contribution in [0.1, 0.15) is 30.4 Å². The molecule has 0 atom stereocenters. The monoisotopic (exact) mass is 286 g/mol. The number of aromatic nitrogens is 1. The van der Waals surface area contributed by atoms with Crippen LogP contribution >= 0.6 is 11.3 Å². The Morgan fingerprint density at radius 1 is 1.47 bits per heavy atom. The van der Waals surface area contributed by atoms with Crippen LogP contribution in [0.15, 0.2) is 0 Å². The summed E-state index contributed by atoms with van der Waals surface area (Å²) >= 11 is 1.26. The minimum Gasteiger partial charge on any atom is -0.389 e. The maximum absolute atomic E-state index is 12.4. The Balaban J connectivity index is 2.98. The second-order valence-electron chi connectivity index (χ2n) is 5.24. The number of amides is 1. The van der Waals surface area contributed by atoms with Crippen molar-refractivity contribution < 1.29 is 9.90 Å². The highest BCUT2D eigenvalue weighted by atomic mass is 32.1. The van der Waals surface area contributed by atoms with Crippen LogP contribution in [0.25, 0.3) is 0 Å². The van der Waals surface area contributed by atoms with Gasteiger partial charge in [0, 0.05) is 27.2 Å². The van der Waals surface area contributed by atoms with Crippen molar-refractivity contribution >= 4 is 28.2 Å². The maximum atomic E-state index is 12.4. The molecular weight excluding hydrogens is 264 g/mol. The van der Waals surface area contributed by atoms with Crippen LogP contribution in [0.2, 0.25) is 0 Å². The topological polar surface area (TPSA) is 82.7 Å². The van der Waals surface area contributed by atoms with Gasteiger partial charge in [0.15, 0.2) is 5.13 Å². The number of carbonyl (C=O) groups is 1. The zero-order chi connectivity index (χ0) is 14.8. The normalized spacial score (nSPS) is 11.5. The minimum absolute atomic E-state index is 0.187. The molecule has 3 N–H and O–H groups in total. The molecule has 1 rings (SSSR count). The molecule has 7 heteroatoms. The largest absolute Gasteiger partial charge is 0.389 e. The van der Waals surface area contributed by atoms with Crippen molar-refractivity contribution in [2.45, 2.75) is 26.4 Å². The van der Waals surface area contributed by atoms with Gasteiger partial charge < -0.3 is 20.6 Å². The van der Waals surface area contributed by atoms with Gasteiger partial charge in [-0.3, -0.25) is 4.79 Å². The van der Waals surface area contributed by atoms with E-state index in [0.717, 1.165) is 0 Å². The van der Waals surface area contributed by atoms with Crippen molar-refractivity contribution in [2.75, 3.05) is 37.8 Å². The van der Waals surface area contributed by atoms with Crippen molar-refractivity contribution in [1.29, 1.82) is 0 Å². The van der Waals surface area contributed by atoms with Crippen LogP contribution < -0.4 is 10.6 Å². The number of thiazole rings is 1. The van der Waals surface area contributed by atoms with E-state index in [2.05, 4.69) is 4.98 Å². The number of carbonyl (C=O) groups excluding carboxylic acids is 1. The molecule has 108 valence electrons. The van der Waals surface area contributed by atoms with E-state index in [1.54, 1.807) is 18.7 Å². The molecule has 1 amide bonds. The summed E-state index contributed by atoms with van der Waals surface area (Å²) in [5.41, 5.74) is 4.86. The van der Waals surface area contributed by atoms with Crippen LogP contribution in [0.4, 0.5) is 10.9 Å². The predicted molar refractivity (Wildman–Crippen MR) is 78.7 cm³/mol. The molecule has 1 aromatic heterocycles. The number of anilines is 2. The lowest BCUT2D eigenvalue weighted by atomic mass is 10.1. The fourth-order valence-electron chi connectivity index (χ4n) is 1.60. The molecule has 0 spiro atoms. The number of nitrogen functional groups attached to an aromatic ring is 1. The third-order valence-corrected chi connectivity index (χ3v) is 3.69. The molecule has 1 heterocycles. The Morgan fingerprint density at radius 3 is 2.42 bits per heavy atom. The summed E-state index contributed by atoms with van der Waals surface area (Å²) in [4.78, 5) is 20.4. The van der Waals surface area contributed by atoms with Crippen molar-refractivity contribution in [3.8, 4) is 0 Å². The SMILES string of the molecule is CCN(CC(C)(C)O)C(=O)c1sc(N(C)C)nc1N. The fraction of sp³-hybridized carbons (Fsp3) is 0.667. The summed E-state index contributed by atoms with van der Waals surface area (Å²) in [5, 5.41) is 10.5. The van der Waals surface area contributed by atoms with Gasteiger partial charge in [0.2, 0.25) is 0 Å². The molecule has 0 fully saturated rings. The number of hydrogen-bond donors (Lipinski definition) is 2. The zero-order valence-corrected chi connectivity index (χ0v) is 12.9. The molecule has 0 aliphatic carbocycles. The number of rotatable bonds is 5. The van der Waals surface area contributed by atoms with E-state index in [1.165, 1.54) is 11.3 Å². The highest BCUT2D eigenvalue weighted by Gasteiger charge is 2.26. The van der Waals surface area contributed by atoms with Gasteiger partial charge in [-0.25, -0.2) is 4.98 Å². The van der Waals surface area contributed by atoms with E-state index in [0.29, 0.717) is 16.6 Å². The van der Waals surface area contributed by atoms with E-state index in [1.807, 2.05) is 25.9 Å². The Hall–Kier alpha value is -1.34. The molecule has 19 heavy (non-hydrogen) atoms. The van der Waals surface area contributed by atoms with Crippen molar-refractivity contribution in [1.82, 2.24) is 9.88 Å². The van der Waals surface area contributed by atoms with Gasteiger partial charge in [-0.15, -0.1) is 0 Å². The molecule has 0 aliphatic heterocycles. The van der Waals surface area contributed by atoms with Gasteiger partial charge in [0.25, 0.3) is 5.91 Å². The van der Waals surface area contributed by atoms with Crippen LogP contribution in [0, 0.1) is 0 Å². The summed E-state index contributed by atoms with van der Waals surface area (Å²) in [6.07, 6.45) is 0. The van der Waals surface area contributed by atoms with Crippen molar-refractivity contribution in [2.24, 2.45) is 0 Å². The first kappa shape index (κ1) is 15.7. The standard InChI is InChI=1S/C12H22N4O2S/c1-6-16(7-12(2,3)18)10(17)8-9(13)14-11(19-8)15(4)5/h18H,6-7,13H2,1-5H3. The molecule has 0 unspecified atom stereocenters. The Kier molecular flexibility index (Phi) is 4.75. The van der Waals surface area contributed by atoms with Gasteiger partial charge in [0.1, 0.15) is 10.7 Å². The lowest BCUT2D eigenvalue weighted by Gasteiger charge is -2.27. The van der Waals surface area contributed by atoms with Crippen LogP contribution in [-0.2, 0) is 0 Å². The molecule has 0 radical (unpaired) electrons. The summed E-state index contributed by atoms with van der Waals surface area (Å²) in [6.45, 7) is 5.98. The average molecular weight is 286 g/mol. The van der Waals surface area contributed by atoms with E-state index < -0.39 is 5.60 Å². The Labute approximate surface area is 117 Å². The van der Waals surface area contributed by atoms with E-state index >= 15 is 0 Å². The van der Waals surface area contributed by atoms with Crippen molar-refractivity contribution in [3.63, 3.8) is 0 Å². The van der Waals surface area contributed by atoms with E-state index in [-0.39, 0.29) is 18.3 Å². The predicted octanol–water partition coefficient (Wildman–Crippen LogP) is 1.02. The molecule has 1 aromatic rings. The Morgan fingerprint density at radius 2 is 2.05 bits per heavy atom. The van der Waals surface area contributed by atoms with E-state index in [9.17, 15) is 9.90 Å². The van der Waals surface area contributed by atoms with Gasteiger partial charge in [-0.2, -0.15) is 0 Å². The number of aliphatic hydroxyl groups is 1. The first-order valence-corrected chi connectivity index (χ1v) is 6.92. The van der Waals surface area contributed by atoms with Crippen LogP contribution in [0.5, 0.6) is 0 Å².